The number of aromatic nitrogens is 2. The third kappa shape index (κ3) is 1.39. The third-order valence-electron chi connectivity index (χ3n) is 2.51. The van der Waals surface area contributed by atoms with Gasteiger partial charge in [-0.05, 0) is 6.92 Å². The quantitative estimate of drug-likeness (QED) is 0.729. The molecule has 1 aliphatic rings. The van der Waals surface area contributed by atoms with E-state index in [0.717, 1.165) is 17.7 Å². The molecule has 2 N–H and O–H groups in total. The van der Waals surface area contributed by atoms with Gasteiger partial charge in [0.2, 0.25) is 0 Å². The van der Waals surface area contributed by atoms with E-state index in [1.807, 2.05) is 0 Å². The van der Waals surface area contributed by atoms with Gasteiger partial charge in [-0.25, -0.2) is 0 Å². The van der Waals surface area contributed by atoms with E-state index in [2.05, 4.69) is 10.2 Å². The molecule has 0 amide bonds. The topological polar surface area (TPSA) is 75.2 Å². The van der Waals surface area contributed by atoms with Crippen LogP contribution < -0.4 is 0 Å². The fraction of sp³-hybridized carbons (Fsp3) is 0.556. The second-order valence-corrected chi connectivity index (χ2v) is 3.43. The number of nitrogens with one attached hydrogen (secondary N) is 1. The summed E-state index contributed by atoms with van der Waals surface area (Å²) in [6.07, 6.45) is 0.786. The van der Waals surface area contributed by atoms with E-state index in [9.17, 15) is 4.79 Å². The summed E-state index contributed by atoms with van der Waals surface area (Å²) in [5.41, 5.74) is 2.54. The zero-order valence-electron chi connectivity index (χ0n) is 7.91. The molecule has 2 heterocycles. The zero-order valence-corrected chi connectivity index (χ0v) is 7.91. The third-order valence-corrected chi connectivity index (χ3v) is 2.51. The van der Waals surface area contributed by atoms with Crippen LogP contribution in [0.1, 0.15) is 29.8 Å². The summed E-state index contributed by atoms with van der Waals surface area (Å²) in [6.45, 7) is 2.78. The maximum absolute atomic E-state index is 10.8. The molecule has 1 aliphatic heterocycles. The lowest BCUT2D eigenvalue weighted by atomic mass is 10.0. The van der Waals surface area contributed by atoms with Crippen LogP contribution in [0, 0.1) is 0 Å². The summed E-state index contributed by atoms with van der Waals surface area (Å²) in [7, 11) is 0. The van der Waals surface area contributed by atoms with Crippen molar-refractivity contribution in [3.63, 3.8) is 0 Å². The molecule has 14 heavy (non-hydrogen) atoms. The highest BCUT2D eigenvalue weighted by molar-refractivity contribution is 5.75. The Labute approximate surface area is 81.1 Å². The lowest BCUT2D eigenvalue weighted by molar-refractivity contribution is -0.138. The fourth-order valence-electron chi connectivity index (χ4n) is 1.61. The number of nitrogens with zero attached hydrogens (tertiary/aromatic N) is 1. The van der Waals surface area contributed by atoms with Crippen molar-refractivity contribution in [1.29, 1.82) is 0 Å². The Kier molecular flexibility index (Phi) is 2.25. The monoisotopic (exact) mass is 196 g/mol. The molecule has 2 rings (SSSR count). The minimum atomic E-state index is -0.857. The molecule has 0 bridgehead atoms. The molecule has 0 saturated carbocycles. The van der Waals surface area contributed by atoms with Gasteiger partial charge in [0, 0.05) is 17.7 Å². The number of hydrogen-bond donors (Lipinski definition) is 2. The summed E-state index contributed by atoms with van der Waals surface area (Å²) in [5.74, 6) is -1.43. The first-order valence-corrected chi connectivity index (χ1v) is 4.56. The van der Waals surface area contributed by atoms with Crippen molar-refractivity contribution in [2.24, 2.45) is 0 Å². The van der Waals surface area contributed by atoms with Crippen LogP contribution in [0.25, 0.3) is 0 Å². The molecule has 5 heteroatoms. The van der Waals surface area contributed by atoms with Crippen LogP contribution >= 0.6 is 0 Å². The van der Waals surface area contributed by atoms with Gasteiger partial charge in [0.15, 0.2) is 0 Å². The first-order chi connectivity index (χ1) is 6.70. The van der Waals surface area contributed by atoms with Crippen molar-refractivity contribution in [1.82, 2.24) is 10.2 Å². The standard InChI is InChI=1S/C9H12N2O3/c1-5(9(12)13)8-6-4-14-3-2-7(6)10-11-8/h5H,2-4H2,1H3,(H,10,11)(H,12,13). The minimum absolute atomic E-state index is 0.471. The molecule has 1 aromatic heterocycles. The van der Waals surface area contributed by atoms with Crippen LogP contribution in [0.15, 0.2) is 0 Å². The van der Waals surface area contributed by atoms with Crippen molar-refractivity contribution >= 4 is 5.97 Å². The summed E-state index contributed by atoms with van der Waals surface area (Å²) in [5, 5.41) is 15.8. The first-order valence-electron chi connectivity index (χ1n) is 4.56. The summed E-state index contributed by atoms with van der Waals surface area (Å²) in [4.78, 5) is 10.8. The average Bonchev–Trinajstić information content (AvgIpc) is 2.60. The van der Waals surface area contributed by atoms with E-state index in [0.29, 0.717) is 18.9 Å². The second-order valence-electron chi connectivity index (χ2n) is 3.43. The number of carboxylic acids is 1. The molecule has 1 aromatic rings. The molecule has 1 atom stereocenters. The van der Waals surface area contributed by atoms with Crippen LogP contribution in [0.4, 0.5) is 0 Å². The van der Waals surface area contributed by atoms with E-state index in [4.69, 9.17) is 9.84 Å². The number of fused-ring (bicyclic) bond motifs is 1. The predicted molar refractivity (Wildman–Crippen MR) is 48.0 cm³/mol. The molecule has 0 spiro atoms. The Morgan fingerprint density at radius 2 is 2.50 bits per heavy atom. The molecule has 76 valence electrons. The summed E-state index contributed by atoms with van der Waals surface area (Å²) in [6, 6.07) is 0. The SMILES string of the molecule is CC(C(=O)O)c1n[nH]c2c1COCC2. The smallest absolute Gasteiger partial charge is 0.312 e. The van der Waals surface area contributed by atoms with Crippen LogP contribution in [0.5, 0.6) is 0 Å². The Morgan fingerprint density at radius 1 is 1.71 bits per heavy atom. The van der Waals surface area contributed by atoms with Gasteiger partial charge in [-0.2, -0.15) is 5.10 Å². The predicted octanol–water partition coefficient (Wildman–Crippen LogP) is 0.670. The Hall–Kier alpha value is -1.36. The number of rotatable bonds is 2. The summed E-state index contributed by atoms with van der Waals surface area (Å²) >= 11 is 0. The van der Waals surface area contributed by atoms with E-state index in [1.54, 1.807) is 6.92 Å². The van der Waals surface area contributed by atoms with Gasteiger partial charge in [-0.1, -0.05) is 0 Å². The van der Waals surface area contributed by atoms with E-state index < -0.39 is 11.9 Å². The maximum atomic E-state index is 10.8. The van der Waals surface area contributed by atoms with Crippen molar-refractivity contribution in [2.45, 2.75) is 25.9 Å². The highest BCUT2D eigenvalue weighted by Gasteiger charge is 2.24. The van der Waals surface area contributed by atoms with Crippen LogP contribution in [-0.2, 0) is 22.6 Å². The fourth-order valence-corrected chi connectivity index (χ4v) is 1.61. The van der Waals surface area contributed by atoms with Crippen molar-refractivity contribution < 1.29 is 14.6 Å². The van der Waals surface area contributed by atoms with Gasteiger partial charge in [-0.3, -0.25) is 9.89 Å². The van der Waals surface area contributed by atoms with Crippen LogP contribution in [-0.4, -0.2) is 27.9 Å². The Bertz CT molecular complexity index is 359. The zero-order chi connectivity index (χ0) is 10.1. The number of ether oxygens (including phenoxy) is 1. The molecule has 0 aliphatic carbocycles. The van der Waals surface area contributed by atoms with Gasteiger partial charge in [0.25, 0.3) is 0 Å². The number of carbonyl (C=O) groups is 1. The van der Waals surface area contributed by atoms with Crippen molar-refractivity contribution in [2.75, 3.05) is 6.61 Å². The van der Waals surface area contributed by atoms with Crippen molar-refractivity contribution in [3.8, 4) is 0 Å². The van der Waals surface area contributed by atoms with E-state index >= 15 is 0 Å². The van der Waals surface area contributed by atoms with Gasteiger partial charge in [0.05, 0.1) is 24.8 Å². The minimum Gasteiger partial charge on any atom is -0.481 e. The first kappa shape index (κ1) is 9.21. The van der Waals surface area contributed by atoms with E-state index in [-0.39, 0.29) is 0 Å². The van der Waals surface area contributed by atoms with Gasteiger partial charge >= 0.3 is 5.97 Å². The Balaban J connectivity index is 2.34. The number of carboxylic acid groups (broad SMARTS) is 1. The largest absolute Gasteiger partial charge is 0.481 e. The van der Waals surface area contributed by atoms with Crippen LogP contribution in [0.3, 0.4) is 0 Å². The molecular formula is C9H12N2O3. The lowest BCUT2D eigenvalue weighted by Gasteiger charge is -2.13. The second kappa shape index (κ2) is 3.42. The van der Waals surface area contributed by atoms with E-state index in [1.165, 1.54) is 0 Å². The molecule has 0 fully saturated rings. The van der Waals surface area contributed by atoms with Crippen LogP contribution in [0.2, 0.25) is 0 Å². The number of H-pyrrole nitrogens is 1. The molecule has 5 nitrogen and oxygen atoms in total. The molecule has 1 unspecified atom stereocenters. The van der Waals surface area contributed by atoms with Gasteiger partial charge < -0.3 is 9.84 Å². The van der Waals surface area contributed by atoms with Gasteiger partial charge in [-0.15, -0.1) is 0 Å². The Morgan fingerprint density at radius 3 is 3.21 bits per heavy atom. The lowest BCUT2D eigenvalue weighted by Crippen LogP contribution is -2.14. The number of aromatic amines is 1. The highest BCUT2D eigenvalue weighted by atomic mass is 16.5. The van der Waals surface area contributed by atoms with Gasteiger partial charge in [0.1, 0.15) is 0 Å². The molecule has 0 saturated heterocycles. The molecule has 0 radical (unpaired) electrons. The molecular weight excluding hydrogens is 184 g/mol. The highest BCUT2D eigenvalue weighted by Crippen LogP contribution is 2.24. The number of hydrogen-bond acceptors (Lipinski definition) is 3. The average molecular weight is 196 g/mol. The maximum Gasteiger partial charge on any atom is 0.312 e. The molecule has 0 aromatic carbocycles. The number of aliphatic carboxylic acids is 1. The van der Waals surface area contributed by atoms with Crippen molar-refractivity contribution in [3.05, 3.63) is 17.0 Å². The normalized spacial score (nSPS) is 17.5. The summed E-state index contributed by atoms with van der Waals surface area (Å²) < 4.78 is 5.27.